The van der Waals surface area contributed by atoms with E-state index in [1.807, 2.05) is 6.92 Å². The highest BCUT2D eigenvalue weighted by molar-refractivity contribution is 7.89. The van der Waals surface area contributed by atoms with E-state index in [0.717, 1.165) is 0 Å². The van der Waals surface area contributed by atoms with Crippen LogP contribution in [0.25, 0.3) is 0 Å². The first-order chi connectivity index (χ1) is 9.94. The summed E-state index contributed by atoms with van der Waals surface area (Å²) >= 11 is 0. The maximum Gasteiger partial charge on any atom is 0.240 e. The van der Waals surface area contributed by atoms with Crippen LogP contribution in [0.3, 0.4) is 0 Å². The molecule has 21 heavy (non-hydrogen) atoms. The van der Waals surface area contributed by atoms with Gasteiger partial charge in [-0.2, -0.15) is 0 Å². The van der Waals surface area contributed by atoms with Crippen LogP contribution in [-0.2, 0) is 21.2 Å². The number of methoxy groups -OCH3 is 2. The number of sulfonamides is 1. The molecule has 0 amide bonds. The first kappa shape index (κ1) is 17.9. The number of aliphatic hydroxyl groups is 1. The SMILES string of the molecule is COCC(C)CNS(=O)(=O)c1ccc(OC)cc1CCO. The van der Waals surface area contributed by atoms with Gasteiger partial charge >= 0.3 is 0 Å². The number of hydrogen-bond donors (Lipinski definition) is 2. The third-order valence-corrected chi connectivity index (χ3v) is 4.54. The van der Waals surface area contributed by atoms with Gasteiger partial charge in [0.05, 0.1) is 12.0 Å². The molecule has 7 heteroatoms. The van der Waals surface area contributed by atoms with E-state index in [2.05, 4.69) is 4.72 Å². The minimum Gasteiger partial charge on any atom is -0.497 e. The van der Waals surface area contributed by atoms with Crippen molar-refractivity contribution in [2.75, 3.05) is 34.0 Å². The van der Waals surface area contributed by atoms with Crippen LogP contribution in [0.5, 0.6) is 5.75 Å². The maximum atomic E-state index is 12.4. The van der Waals surface area contributed by atoms with Gasteiger partial charge in [-0.15, -0.1) is 0 Å². The Kier molecular flexibility index (Phi) is 7.10. The highest BCUT2D eigenvalue weighted by Gasteiger charge is 2.19. The van der Waals surface area contributed by atoms with E-state index in [9.17, 15) is 8.42 Å². The number of ether oxygens (including phenoxy) is 2. The maximum absolute atomic E-state index is 12.4. The molecule has 0 heterocycles. The topological polar surface area (TPSA) is 84.9 Å². The van der Waals surface area contributed by atoms with Crippen molar-refractivity contribution in [2.24, 2.45) is 5.92 Å². The molecule has 1 aromatic carbocycles. The van der Waals surface area contributed by atoms with Gasteiger partial charge in [0.25, 0.3) is 0 Å². The lowest BCUT2D eigenvalue weighted by atomic mass is 10.1. The summed E-state index contributed by atoms with van der Waals surface area (Å²) in [5.74, 6) is 0.634. The summed E-state index contributed by atoms with van der Waals surface area (Å²) in [5.41, 5.74) is 0.531. The average Bonchev–Trinajstić information content (AvgIpc) is 2.45. The second-order valence-corrected chi connectivity index (χ2v) is 6.60. The predicted octanol–water partition coefficient (Wildman–Crippen LogP) is 0.791. The van der Waals surface area contributed by atoms with Crippen molar-refractivity contribution in [3.8, 4) is 5.75 Å². The third-order valence-electron chi connectivity index (χ3n) is 3.01. The molecule has 0 aliphatic rings. The van der Waals surface area contributed by atoms with Crippen LogP contribution in [-0.4, -0.2) is 47.5 Å². The molecular formula is C14H23NO5S. The highest BCUT2D eigenvalue weighted by atomic mass is 32.2. The molecule has 0 aliphatic heterocycles. The quantitative estimate of drug-likeness (QED) is 0.703. The largest absolute Gasteiger partial charge is 0.497 e. The fraction of sp³-hybridized carbons (Fsp3) is 0.571. The minimum absolute atomic E-state index is 0.0734. The van der Waals surface area contributed by atoms with Gasteiger partial charge in [0, 0.05) is 26.9 Å². The van der Waals surface area contributed by atoms with Crippen LogP contribution >= 0.6 is 0 Å². The summed E-state index contributed by atoms with van der Waals surface area (Å²) in [7, 11) is -0.536. The summed E-state index contributed by atoms with van der Waals surface area (Å²) in [6.07, 6.45) is 0.251. The highest BCUT2D eigenvalue weighted by Crippen LogP contribution is 2.22. The van der Waals surface area contributed by atoms with Crippen LogP contribution in [0.4, 0.5) is 0 Å². The zero-order valence-corrected chi connectivity index (χ0v) is 13.4. The Labute approximate surface area is 126 Å². The average molecular weight is 317 g/mol. The van der Waals surface area contributed by atoms with Crippen molar-refractivity contribution >= 4 is 10.0 Å². The summed E-state index contributed by atoms with van der Waals surface area (Å²) in [5, 5.41) is 9.09. The lowest BCUT2D eigenvalue weighted by molar-refractivity contribution is 0.161. The number of hydrogen-bond acceptors (Lipinski definition) is 5. The first-order valence-corrected chi connectivity index (χ1v) is 8.19. The molecule has 1 rings (SSSR count). The smallest absolute Gasteiger partial charge is 0.240 e. The van der Waals surface area contributed by atoms with Crippen molar-refractivity contribution < 1.29 is 23.0 Å². The van der Waals surface area contributed by atoms with E-state index < -0.39 is 10.0 Å². The van der Waals surface area contributed by atoms with Crippen LogP contribution in [0.1, 0.15) is 12.5 Å². The molecule has 0 aliphatic carbocycles. The molecule has 2 N–H and O–H groups in total. The van der Waals surface area contributed by atoms with Gasteiger partial charge < -0.3 is 14.6 Å². The normalized spacial score (nSPS) is 13.1. The summed E-state index contributed by atoms with van der Waals surface area (Å²) < 4.78 is 37.4. The predicted molar refractivity (Wildman–Crippen MR) is 80.0 cm³/mol. The van der Waals surface area contributed by atoms with Gasteiger partial charge in [0.1, 0.15) is 5.75 Å². The summed E-state index contributed by atoms with van der Waals surface area (Å²) in [6, 6.07) is 4.71. The molecule has 120 valence electrons. The van der Waals surface area contributed by atoms with E-state index in [-0.39, 0.29) is 23.8 Å². The fourth-order valence-corrected chi connectivity index (χ4v) is 3.35. The van der Waals surface area contributed by atoms with Gasteiger partial charge in [0.15, 0.2) is 0 Å². The Bertz CT molecular complexity index is 544. The van der Waals surface area contributed by atoms with Crippen LogP contribution in [0, 0.1) is 5.92 Å². The summed E-state index contributed by atoms with van der Waals surface area (Å²) in [4.78, 5) is 0.168. The lowest BCUT2D eigenvalue weighted by Crippen LogP contribution is -2.30. The third kappa shape index (κ3) is 5.28. The van der Waals surface area contributed by atoms with E-state index in [1.54, 1.807) is 19.2 Å². The molecule has 0 spiro atoms. The van der Waals surface area contributed by atoms with E-state index >= 15 is 0 Å². The number of rotatable bonds is 9. The lowest BCUT2D eigenvalue weighted by Gasteiger charge is -2.15. The van der Waals surface area contributed by atoms with Crippen LogP contribution in [0.2, 0.25) is 0 Å². The standard InChI is InChI=1S/C14H23NO5S/c1-11(10-19-2)9-15-21(17,18)14-5-4-13(20-3)8-12(14)6-7-16/h4-5,8,11,15-16H,6-7,9-10H2,1-3H3. The van der Waals surface area contributed by atoms with Crippen molar-refractivity contribution in [1.29, 1.82) is 0 Å². The number of nitrogens with one attached hydrogen (secondary N) is 1. The van der Waals surface area contributed by atoms with Gasteiger partial charge in [-0.05, 0) is 36.1 Å². The summed E-state index contributed by atoms with van der Waals surface area (Å²) in [6.45, 7) is 2.54. The van der Waals surface area contributed by atoms with Gasteiger partial charge in [-0.1, -0.05) is 6.92 Å². The van der Waals surface area contributed by atoms with Crippen LogP contribution < -0.4 is 9.46 Å². The zero-order chi connectivity index (χ0) is 15.9. The second-order valence-electron chi connectivity index (χ2n) is 4.86. The van der Waals surface area contributed by atoms with E-state index in [0.29, 0.717) is 24.5 Å². The van der Waals surface area contributed by atoms with E-state index in [1.165, 1.54) is 13.2 Å². The molecule has 0 fully saturated rings. The van der Waals surface area contributed by atoms with Gasteiger partial charge in [-0.3, -0.25) is 0 Å². The first-order valence-electron chi connectivity index (χ1n) is 6.71. The van der Waals surface area contributed by atoms with Crippen molar-refractivity contribution in [2.45, 2.75) is 18.2 Å². The molecule has 6 nitrogen and oxygen atoms in total. The molecular weight excluding hydrogens is 294 g/mol. The molecule has 1 aromatic rings. The Morgan fingerprint density at radius 3 is 2.62 bits per heavy atom. The number of aliphatic hydroxyl groups excluding tert-OH is 1. The van der Waals surface area contributed by atoms with Gasteiger partial charge in [-0.25, -0.2) is 13.1 Å². The Balaban J connectivity index is 2.96. The van der Waals surface area contributed by atoms with Crippen LogP contribution in [0.15, 0.2) is 23.1 Å². The number of benzene rings is 1. The van der Waals surface area contributed by atoms with Crippen molar-refractivity contribution in [3.05, 3.63) is 23.8 Å². The second kappa shape index (κ2) is 8.33. The Morgan fingerprint density at radius 2 is 2.05 bits per heavy atom. The zero-order valence-electron chi connectivity index (χ0n) is 12.6. The molecule has 1 unspecified atom stereocenters. The molecule has 0 aromatic heterocycles. The monoisotopic (exact) mass is 317 g/mol. The molecule has 0 saturated heterocycles. The minimum atomic E-state index is -3.62. The van der Waals surface area contributed by atoms with Crippen molar-refractivity contribution in [3.63, 3.8) is 0 Å². The molecule has 1 atom stereocenters. The fourth-order valence-electron chi connectivity index (χ4n) is 1.93. The molecule has 0 bridgehead atoms. The Morgan fingerprint density at radius 1 is 1.33 bits per heavy atom. The molecule has 0 saturated carbocycles. The Hall–Kier alpha value is -1.15. The van der Waals surface area contributed by atoms with Gasteiger partial charge in [0.2, 0.25) is 10.0 Å². The van der Waals surface area contributed by atoms with Crippen molar-refractivity contribution in [1.82, 2.24) is 4.72 Å². The van der Waals surface area contributed by atoms with E-state index in [4.69, 9.17) is 14.6 Å². The molecule has 0 radical (unpaired) electrons.